The highest BCUT2D eigenvalue weighted by molar-refractivity contribution is 5.18. The highest BCUT2D eigenvalue weighted by Crippen LogP contribution is 2.31. The van der Waals surface area contributed by atoms with Gasteiger partial charge in [-0.25, -0.2) is 4.68 Å². The maximum absolute atomic E-state index is 10.9. The van der Waals surface area contributed by atoms with E-state index < -0.39 is 5.60 Å². The van der Waals surface area contributed by atoms with Crippen LogP contribution in [0.15, 0.2) is 24.7 Å². The minimum Gasteiger partial charge on any atom is -0.382 e. The van der Waals surface area contributed by atoms with E-state index in [0.29, 0.717) is 18.7 Å². The zero-order chi connectivity index (χ0) is 15.7. The Morgan fingerprint density at radius 1 is 1.36 bits per heavy atom. The molecule has 0 aliphatic carbocycles. The summed E-state index contributed by atoms with van der Waals surface area (Å²) in [4.78, 5) is 6.47. The van der Waals surface area contributed by atoms with E-state index in [9.17, 15) is 5.11 Å². The third-order valence-electron chi connectivity index (χ3n) is 4.18. The summed E-state index contributed by atoms with van der Waals surface area (Å²) in [5.74, 6) is 0. The van der Waals surface area contributed by atoms with Crippen LogP contribution < -0.4 is 0 Å². The number of aliphatic hydroxyl groups is 1. The number of pyridine rings is 1. The molecule has 1 unspecified atom stereocenters. The molecule has 3 heterocycles. The van der Waals surface area contributed by atoms with Crippen molar-refractivity contribution < 1.29 is 5.11 Å². The highest BCUT2D eigenvalue weighted by atomic mass is 16.3. The molecule has 2 aromatic heterocycles. The van der Waals surface area contributed by atoms with Crippen LogP contribution in [0.5, 0.6) is 0 Å². The number of β-amino-alcohol motifs (C(OH)–C–C–N with tert-alkyl or cyclic N) is 1. The predicted molar refractivity (Wildman–Crippen MR) is 83.2 cm³/mol. The second kappa shape index (κ2) is 5.78. The molecule has 1 aliphatic heterocycles. The summed E-state index contributed by atoms with van der Waals surface area (Å²) in [7, 11) is 0. The van der Waals surface area contributed by atoms with Gasteiger partial charge in [0.1, 0.15) is 11.3 Å². The molecule has 0 amide bonds. The molecule has 2 aromatic rings. The van der Waals surface area contributed by atoms with Gasteiger partial charge >= 0.3 is 0 Å². The minimum absolute atomic E-state index is 0.251. The van der Waals surface area contributed by atoms with Crippen LogP contribution in [0.4, 0.5) is 0 Å². The smallest absolute Gasteiger partial charge is 0.124 e. The topological polar surface area (TPSA) is 67.1 Å². The number of likely N-dealkylation sites (tertiary alicyclic amines) is 1. The molecule has 0 spiro atoms. The van der Waals surface area contributed by atoms with Crippen LogP contribution in [-0.4, -0.2) is 43.1 Å². The average molecular weight is 301 g/mol. The van der Waals surface area contributed by atoms with Crippen molar-refractivity contribution in [3.05, 3.63) is 41.5 Å². The molecule has 1 aliphatic rings. The molecule has 1 N–H and O–H groups in total. The lowest BCUT2D eigenvalue weighted by Crippen LogP contribution is -2.31. The molecular formula is C16H23N5O. The molecule has 118 valence electrons. The Morgan fingerprint density at radius 2 is 2.18 bits per heavy atom. The zero-order valence-corrected chi connectivity index (χ0v) is 13.4. The fraction of sp³-hybridized carbons (Fsp3) is 0.562. The van der Waals surface area contributed by atoms with E-state index in [1.807, 2.05) is 39.4 Å². The molecule has 0 radical (unpaired) electrons. The van der Waals surface area contributed by atoms with E-state index >= 15 is 0 Å². The van der Waals surface area contributed by atoms with Gasteiger partial charge < -0.3 is 5.11 Å². The fourth-order valence-electron chi connectivity index (χ4n) is 2.92. The van der Waals surface area contributed by atoms with Gasteiger partial charge in [0.05, 0.1) is 6.20 Å². The molecule has 0 aromatic carbocycles. The SMILES string of the molecule is Cc1cncc(CN2CCC(O)(c3cn(C(C)C)nn3)C2)c1. The van der Waals surface area contributed by atoms with Crippen molar-refractivity contribution in [2.24, 2.45) is 0 Å². The molecule has 1 atom stereocenters. The van der Waals surface area contributed by atoms with Crippen LogP contribution in [-0.2, 0) is 12.1 Å². The maximum Gasteiger partial charge on any atom is 0.124 e. The van der Waals surface area contributed by atoms with Gasteiger partial charge in [0.25, 0.3) is 0 Å². The van der Waals surface area contributed by atoms with E-state index in [-0.39, 0.29) is 6.04 Å². The quantitative estimate of drug-likeness (QED) is 0.930. The molecule has 6 heteroatoms. The van der Waals surface area contributed by atoms with Crippen molar-refractivity contribution >= 4 is 0 Å². The predicted octanol–water partition coefficient (Wildman–Crippen LogP) is 1.66. The van der Waals surface area contributed by atoms with Crippen molar-refractivity contribution in [2.45, 2.75) is 45.4 Å². The van der Waals surface area contributed by atoms with Crippen molar-refractivity contribution in [3.63, 3.8) is 0 Å². The summed E-state index contributed by atoms with van der Waals surface area (Å²) in [5, 5.41) is 19.2. The normalized spacial score (nSPS) is 22.6. The van der Waals surface area contributed by atoms with Gasteiger partial charge in [-0.3, -0.25) is 9.88 Å². The van der Waals surface area contributed by atoms with Gasteiger partial charge in [-0.15, -0.1) is 5.10 Å². The van der Waals surface area contributed by atoms with Gasteiger partial charge in [0.2, 0.25) is 0 Å². The molecule has 3 rings (SSSR count). The number of aromatic nitrogens is 4. The Morgan fingerprint density at radius 3 is 2.86 bits per heavy atom. The van der Waals surface area contributed by atoms with E-state index in [1.165, 1.54) is 5.56 Å². The molecule has 0 bridgehead atoms. The Kier molecular flexibility index (Phi) is 3.97. The van der Waals surface area contributed by atoms with Crippen molar-refractivity contribution in [2.75, 3.05) is 13.1 Å². The first-order chi connectivity index (χ1) is 10.5. The van der Waals surface area contributed by atoms with Gasteiger partial charge in [0, 0.05) is 38.1 Å². The van der Waals surface area contributed by atoms with Crippen molar-refractivity contribution in [1.82, 2.24) is 24.9 Å². The Labute approximate surface area is 130 Å². The number of rotatable bonds is 4. The standard InChI is InChI=1S/C16H23N5O/c1-12(2)21-10-15(18-19-21)16(22)4-5-20(11-16)9-14-6-13(3)7-17-8-14/h6-8,10,12,22H,4-5,9,11H2,1-3H3. The summed E-state index contributed by atoms with van der Waals surface area (Å²) in [6, 6.07) is 2.39. The first-order valence-corrected chi connectivity index (χ1v) is 7.74. The average Bonchev–Trinajstić information content (AvgIpc) is 3.07. The molecule has 1 fully saturated rings. The van der Waals surface area contributed by atoms with Gasteiger partial charge in [-0.2, -0.15) is 0 Å². The van der Waals surface area contributed by atoms with Crippen molar-refractivity contribution in [1.29, 1.82) is 0 Å². The van der Waals surface area contributed by atoms with Crippen LogP contribution in [0, 0.1) is 6.92 Å². The molecule has 1 saturated heterocycles. The van der Waals surface area contributed by atoms with Gasteiger partial charge in [-0.05, 0) is 38.3 Å². The molecular weight excluding hydrogens is 278 g/mol. The molecule has 0 saturated carbocycles. The number of nitrogens with zero attached hydrogens (tertiary/aromatic N) is 5. The van der Waals surface area contributed by atoms with Gasteiger partial charge in [0.15, 0.2) is 0 Å². The van der Waals surface area contributed by atoms with Gasteiger partial charge in [-0.1, -0.05) is 11.3 Å². The monoisotopic (exact) mass is 301 g/mol. The lowest BCUT2D eigenvalue weighted by atomic mass is 10.00. The summed E-state index contributed by atoms with van der Waals surface area (Å²) in [6.07, 6.45) is 6.29. The highest BCUT2D eigenvalue weighted by Gasteiger charge is 2.40. The van der Waals surface area contributed by atoms with Crippen LogP contribution in [0.25, 0.3) is 0 Å². The lowest BCUT2D eigenvalue weighted by Gasteiger charge is -2.21. The largest absolute Gasteiger partial charge is 0.382 e. The lowest BCUT2D eigenvalue weighted by molar-refractivity contribution is 0.0408. The minimum atomic E-state index is -0.898. The third kappa shape index (κ3) is 3.03. The number of aryl methyl sites for hydroxylation is 1. The zero-order valence-electron chi connectivity index (χ0n) is 13.4. The van der Waals surface area contributed by atoms with Crippen LogP contribution >= 0.6 is 0 Å². The summed E-state index contributed by atoms with van der Waals surface area (Å²) < 4.78 is 1.79. The first-order valence-electron chi connectivity index (χ1n) is 7.74. The van der Waals surface area contributed by atoms with E-state index in [2.05, 4.69) is 26.3 Å². The second-order valence-electron chi connectivity index (χ2n) is 6.54. The third-order valence-corrected chi connectivity index (χ3v) is 4.18. The van der Waals surface area contributed by atoms with E-state index in [1.54, 1.807) is 4.68 Å². The summed E-state index contributed by atoms with van der Waals surface area (Å²) >= 11 is 0. The summed E-state index contributed by atoms with van der Waals surface area (Å²) in [5.41, 5.74) is 2.11. The fourth-order valence-corrected chi connectivity index (χ4v) is 2.92. The number of hydrogen-bond acceptors (Lipinski definition) is 5. The maximum atomic E-state index is 10.9. The number of hydrogen-bond donors (Lipinski definition) is 1. The Bertz CT molecular complexity index is 653. The van der Waals surface area contributed by atoms with Crippen LogP contribution in [0.3, 0.4) is 0 Å². The molecule has 6 nitrogen and oxygen atoms in total. The van der Waals surface area contributed by atoms with Crippen molar-refractivity contribution in [3.8, 4) is 0 Å². The van der Waals surface area contributed by atoms with Crippen LogP contribution in [0.2, 0.25) is 0 Å². The van der Waals surface area contributed by atoms with E-state index in [0.717, 1.165) is 18.7 Å². The van der Waals surface area contributed by atoms with E-state index in [4.69, 9.17) is 0 Å². The van der Waals surface area contributed by atoms with Crippen LogP contribution in [0.1, 0.15) is 43.1 Å². The Balaban J connectivity index is 1.70. The Hall–Kier alpha value is -1.79. The second-order valence-corrected chi connectivity index (χ2v) is 6.54. The first kappa shape index (κ1) is 15.1. The molecule has 22 heavy (non-hydrogen) atoms. The summed E-state index contributed by atoms with van der Waals surface area (Å²) in [6.45, 7) is 8.37.